The molecule has 1 aliphatic heterocycles. The number of thioether (sulfide) groups is 1. The van der Waals surface area contributed by atoms with Crippen molar-refractivity contribution in [3.05, 3.63) is 65.7 Å². The predicted molar refractivity (Wildman–Crippen MR) is 105 cm³/mol. The van der Waals surface area contributed by atoms with Crippen molar-refractivity contribution in [2.75, 3.05) is 20.0 Å². The predicted octanol–water partition coefficient (Wildman–Crippen LogP) is 4.40. The molecule has 1 atom stereocenters. The first kappa shape index (κ1) is 18.4. The third-order valence-corrected chi connectivity index (χ3v) is 5.57. The molecule has 0 bridgehead atoms. The van der Waals surface area contributed by atoms with Crippen molar-refractivity contribution < 1.29 is 14.3 Å². The summed E-state index contributed by atoms with van der Waals surface area (Å²) in [5, 5.41) is 3.18. The first-order valence-electron chi connectivity index (χ1n) is 8.56. The molecule has 1 N–H and O–H groups in total. The molecule has 0 aromatic heterocycles. The van der Waals surface area contributed by atoms with E-state index in [1.165, 1.54) is 10.5 Å². The minimum absolute atomic E-state index is 0.0240. The van der Waals surface area contributed by atoms with Gasteiger partial charge in [-0.25, -0.2) is 0 Å². The van der Waals surface area contributed by atoms with Crippen molar-refractivity contribution in [3.8, 4) is 11.5 Å². The second-order valence-electron chi connectivity index (χ2n) is 6.06. The molecule has 1 amide bonds. The number of ether oxygens (including phenoxy) is 2. The minimum atomic E-state index is -0.108. The monoisotopic (exact) mass is 369 g/mol. The average Bonchev–Trinajstić information content (AvgIpc) is 2.67. The Balaban J connectivity index is 1.89. The summed E-state index contributed by atoms with van der Waals surface area (Å²) in [6, 6.07) is 11.8. The Kier molecular flexibility index (Phi) is 5.89. The van der Waals surface area contributed by atoms with E-state index in [9.17, 15) is 4.79 Å². The molecule has 0 saturated carbocycles. The quantitative estimate of drug-likeness (QED) is 0.767. The van der Waals surface area contributed by atoms with Gasteiger partial charge in [-0.05, 0) is 36.6 Å². The minimum Gasteiger partial charge on any atom is -0.493 e. The van der Waals surface area contributed by atoms with E-state index in [-0.39, 0.29) is 11.9 Å². The molecule has 2 aromatic rings. The number of methoxy groups -OCH3 is 2. The largest absolute Gasteiger partial charge is 0.493 e. The van der Waals surface area contributed by atoms with E-state index in [1.54, 1.807) is 26.4 Å². The number of benzene rings is 2. The summed E-state index contributed by atoms with van der Waals surface area (Å²) >= 11 is 1.84. The van der Waals surface area contributed by atoms with Crippen LogP contribution in [0.2, 0.25) is 0 Å². The first-order chi connectivity index (χ1) is 12.7. The molecule has 0 aliphatic carbocycles. The van der Waals surface area contributed by atoms with Crippen LogP contribution in [0.25, 0.3) is 0 Å². The van der Waals surface area contributed by atoms with Gasteiger partial charge in [-0.3, -0.25) is 4.79 Å². The zero-order valence-corrected chi connectivity index (χ0v) is 15.9. The molecule has 2 aromatic carbocycles. The van der Waals surface area contributed by atoms with Crippen LogP contribution in [0, 0.1) is 0 Å². The second kappa shape index (κ2) is 8.32. The van der Waals surface area contributed by atoms with Crippen LogP contribution in [0.5, 0.6) is 11.5 Å². The molecular formula is C21H23NO3S. The van der Waals surface area contributed by atoms with Crippen LogP contribution >= 0.6 is 11.8 Å². The highest BCUT2D eigenvalue weighted by atomic mass is 32.2. The first-order valence-corrected chi connectivity index (χ1v) is 9.54. The van der Waals surface area contributed by atoms with Crippen LogP contribution in [0.3, 0.4) is 0 Å². The van der Waals surface area contributed by atoms with Gasteiger partial charge >= 0.3 is 0 Å². The maximum atomic E-state index is 12.9. The molecule has 1 heterocycles. The Labute approximate surface area is 158 Å². The van der Waals surface area contributed by atoms with Crippen molar-refractivity contribution in [3.63, 3.8) is 0 Å². The standard InChI is InChI=1S/C21H23NO3S/c1-4-7-14-12-15(13-18(24-2)20(14)25-3)21(23)22-17-10-11-26-19-9-6-5-8-16(17)19/h4-6,8-9,12-13,17H,1,7,10-11H2,2-3H3,(H,22,23). The topological polar surface area (TPSA) is 47.6 Å². The summed E-state index contributed by atoms with van der Waals surface area (Å²) in [6.45, 7) is 3.78. The molecule has 5 heteroatoms. The summed E-state index contributed by atoms with van der Waals surface area (Å²) in [5.74, 6) is 2.08. The average molecular weight is 369 g/mol. The van der Waals surface area contributed by atoms with Gasteiger partial charge < -0.3 is 14.8 Å². The van der Waals surface area contributed by atoms with E-state index >= 15 is 0 Å². The van der Waals surface area contributed by atoms with E-state index in [0.717, 1.165) is 17.7 Å². The van der Waals surface area contributed by atoms with Gasteiger partial charge in [0.2, 0.25) is 0 Å². The highest BCUT2D eigenvalue weighted by Crippen LogP contribution is 2.37. The Morgan fingerprint density at radius 3 is 2.85 bits per heavy atom. The number of rotatable bonds is 6. The Morgan fingerprint density at radius 2 is 2.12 bits per heavy atom. The van der Waals surface area contributed by atoms with Gasteiger partial charge in [0.25, 0.3) is 5.91 Å². The van der Waals surface area contributed by atoms with Crippen LogP contribution < -0.4 is 14.8 Å². The Hall–Kier alpha value is -2.40. The van der Waals surface area contributed by atoms with E-state index < -0.39 is 0 Å². The van der Waals surface area contributed by atoms with Crippen LogP contribution in [-0.4, -0.2) is 25.9 Å². The van der Waals surface area contributed by atoms with Crippen molar-refractivity contribution in [1.29, 1.82) is 0 Å². The van der Waals surface area contributed by atoms with Gasteiger partial charge in [0.15, 0.2) is 11.5 Å². The normalized spacial score (nSPS) is 15.7. The lowest BCUT2D eigenvalue weighted by atomic mass is 10.0. The maximum Gasteiger partial charge on any atom is 0.251 e. The number of amides is 1. The third-order valence-electron chi connectivity index (χ3n) is 4.45. The van der Waals surface area contributed by atoms with Gasteiger partial charge in [-0.2, -0.15) is 0 Å². The number of carbonyl (C=O) groups is 1. The molecule has 0 spiro atoms. The zero-order chi connectivity index (χ0) is 18.5. The highest BCUT2D eigenvalue weighted by molar-refractivity contribution is 7.99. The smallest absolute Gasteiger partial charge is 0.251 e. The Morgan fingerprint density at radius 1 is 1.31 bits per heavy atom. The lowest BCUT2D eigenvalue weighted by Crippen LogP contribution is -2.30. The third kappa shape index (κ3) is 3.73. The van der Waals surface area contributed by atoms with E-state index in [0.29, 0.717) is 23.5 Å². The van der Waals surface area contributed by atoms with Crippen molar-refractivity contribution in [2.45, 2.75) is 23.8 Å². The molecule has 0 saturated heterocycles. The molecule has 1 unspecified atom stereocenters. The van der Waals surface area contributed by atoms with Crippen molar-refractivity contribution >= 4 is 17.7 Å². The van der Waals surface area contributed by atoms with Gasteiger partial charge in [0.05, 0.1) is 20.3 Å². The summed E-state index contributed by atoms with van der Waals surface area (Å²) in [7, 11) is 3.17. The fraction of sp³-hybridized carbons (Fsp3) is 0.286. The van der Waals surface area contributed by atoms with Crippen LogP contribution in [-0.2, 0) is 6.42 Å². The molecule has 3 rings (SSSR count). The lowest BCUT2D eigenvalue weighted by Gasteiger charge is -2.26. The molecule has 26 heavy (non-hydrogen) atoms. The molecule has 0 radical (unpaired) electrons. The summed E-state index contributed by atoms with van der Waals surface area (Å²) in [5.41, 5.74) is 2.63. The fourth-order valence-electron chi connectivity index (χ4n) is 3.22. The van der Waals surface area contributed by atoms with Crippen molar-refractivity contribution in [2.24, 2.45) is 0 Å². The van der Waals surface area contributed by atoms with E-state index in [1.807, 2.05) is 30.0 Å². The number of carbonyl (C=O) groups excluding carboxylic acids is 1. The van der Waals surface area contributed by atoms with Crippen molar-refractivity contribution in [1.82, 2.24) is 5.32 Å². The van der Waals surface area contributed by atoms with Crippen LogP contribution in [0.15, 0.2) is 53.9 Å². The second-order valence-corrected chi connectivity index (χ2v) is 7.20. The number of hydrogen-bond acceptors (Lipinski definition) is 4. The van der Waals surface area contributed by atoms with Gasteiger partial charge in [0, 0.05) is 21.8 Å². The van der Waals surface area contributed by atoms with Gasteiger partial charge in [-0.15, -0.1) is 18.3 Å². The number of hydrogen-bond donors (Lipinski definition) is 1. The van der Waals surface area contributed by atoms with Gasteiger partial charge in [0.1, 0.15) is 0 Å². The zero-order valence-electron chi connectivity index (χ0n) is 15.1. The number of fused-ring (bicyclic) bond motifs is 1. The molecule has 0 fully saturated rings. The number of nitrogens with one attached hydrogen (secondary N) is 1. The van der Waals surface area contributed by atoms with Crippen LogP contribution in [0.4, 0.5) is 0 Å². The lowest BCUT2D eigenvalue weighted by molar-refractivity contribution is 0.0934. The molecule has 136 valence electrons. The Bertz CT molecular complexity index is 819. The van der Waals surface area contributed by atoms with Gasteiger partial charge in [-0.1, -0.05) is 24.3 Å². The van der Waals surface area contributed by atoms with E-state index in [4.69, 9.17) is 9.47 Å². The summed E-state index contributed by atoms with van der Waals surface area (Å²) < 4.78 is 10.9. The fourth-order valence-corrected chi connectivity index (χ4v) is 4.34. The number of allylic oxidation sites excluding steroid dienone is 1. The molecule has 1 aliphatic rings. The SMILES string of the molecule is C=CCc1cc(C(=O)NC2CCSc3ccccc32)cc(OC)c1OC. The highest BCUT2D eigenvalue weighted by Gasteiger charge is 2.23. The summed E-state index contributed by atoms with van der Waals surface area (Å²) in [6.07, 6.45) is 3.30. The van der Waals surface area contributed by atoms with Crippen LogP contribution in [0.1, 0.15) is 33.9 Å². The maximum absolute atomic E-state index is 12.9. The molecular weight excluding hydrogens is 346 g/mol. The van der Waals surface area contributed by atoms with E-state index in [2.05, 4.69) is 24.0 Å². The summed E-state index contributed by atoms with van der Waals surface area (Å²) in [4.78, 5) is 14.1. The molecule has 4 nitrogen and oxygen atoms in total.